The Kier molecular flexibility index (Phi) is 45.6. The molecule has 0 spiro atoms. The molecule has 1 aliphatic rings. The van der Waals surface area contributed by atoms with Gasteiger partial charge in [0.15, 0.2) is 5.96 Å². The highest BCUT2D eigenvalue weighted by Gasteiger charge is 2.40. The Labute approximate surface area is 688 Å². The van der Waals surface area contributed by atoms with E-state index < -0.39 is 223 Å². The highest BCUT2D eigenvalue weighted by atomic mass is 35.5. The van der Waals surface area contributed by atoms with E-state index in [1.807, 2.05) is 5.32 Å². The standard InChI is InChI=1S/C75H120ClN21O21/c1-8-41(6)61(97-67(110)47(16-10-12-28-78)88-71(114)55(34-45-36-81-38-84-45)93-62(105)46(15-9-11-27-77)86-65(108)50(85-42(7)99)24-26-59(101)102)73(116)95-53(32-40(4)5)69(112)90-51-23-25-58(100)82-29-13-17-49(64(107)94-56(35-60(103)104)72(115)96-57(37-98)74(117)118)89-68(111)52(31-39(2)3)91-70(113)54(33-43-19-21-44(76)22-20-43)92-63(106)48(87-66(51)109)18-14-30-83-75(79)80/h19-22,36,38-41,46-57,61,98H,8-18,23-35,37,77-78H2,1-7H3,(H,81,84)(H,82,100)(H,85,99)(H,86,108)(H,87,109)(H,88,114)(H,89,111)(H,90,112)(H,91,113)(H,92,106)(H,93,105)(H,94,107)(H,95,116)(H,96,115)(H,97,110)(H,101,102)(H,103,104)(H,117,118)(H4,79,80,83)/t41?,46-,47-,48-,49-,50-,51-,52-,53-,54-,55-,56-,57-,61-/m0/s1. The van der Waals surface area contributed by atoms with E-state index in [4.69, 9.17) is 34.5 Å². The number of aliphatic imine (C=N–C) groups is 1. The van der Waals surface area contributed by atoms with Crippen molar-refractivity contribution >= 4 is 118 Å². The van der Waals surface area contributed by atoms with E-state index in [0.717, 1.165) is 6.92 Å². The van der Waals surface area contributed by atoms with Crippen LogP contribution in [0.4, 0.5) is 0 Å². The molecule has 1 unspecified atom stereocenters. The number of amides is 14. The number of benzene rings is 1. The van der Waals surface area contributed by atoms with Crippen LogP contribution in [0.5, 0.6) is 0 Å². The van der Waals surface area contributed by atoms with Gasteiger partial charge in [0, 0.05) is 62.6 Å². The van der Waals surface area contributed by atoms with E-state index in [2.05, 4.69) is 84.1 Å². The van der Waals surface area contributed by atoms with E-state index in [0.29, 0.717) is 35.5 Å². The SMILES string of the molecule is CCC(C)[C@H](NC(=O)[C@H](CCCCN)NC(=O)[C@H](Cc1cnc[nH]1)NC(=O)[C@H](CCCCN)NC(=O)[C@H](CCC(=O)O)NC(C)=O)C(=O)N[C@@H](CC(C)C)C(=O)N[C@H]1CCC(=O)NCCC[C@@H](C(=O)N[C@@H](CC(=O)O)C(=O)N[C@@H](CO)C(=O)O)NC(=O)[C@H](CC(C)C)NC(=O)[C@H](Cc2ccc(Cl)cc2)NC(=O)[C@H](CCCN=C(N)N)NC1=O. The summed E-state index contributed by atoms with van der Waals surface area (Å²) in [7, 11) is 0. The minimum atomic E-state index is -2.00. The number of aromatic amines is 1. The number of carbonyl (C=O) groups is 17. The first kappa shape index (κ1) is 101. The quantitative estimate of drug-likeness (QED) is 0.0169. The molecule has 43 heteroatoms. The molecule has 27 N–H and O–H groups in total. The number of rotatable bonds is 46. The van der Waals surface area contributed by atoms with Crippen LogP contribution in [-0.4, -0.2) is 248 Å². The number of nitrogens with zero attached hydrogens (tertiary/aromatic N) is 2. The van der Waals surface area contributed by atoms with Gasteiger partial charge in [-0.1, -0.05) is 71.7 Å². The van der Waals surface area contributed by atoms with Crippen molar-refractivity contribution in [1.29, 1.82) is 0 Å². The lowest BCUT2D eigenvalue weighted by molar-refractivity contribution is -0.144. The summed E-state index contributed by atoms with van der Waals surface area (Å²) >= 11 is 6.24. The predicted octanol–water partition coefficient (Wildman–Crippen LogP) is -4.27. The summed E-state index contributed by atoms with van der Waals surface area (Å²) in [5, 5.41) is 74.3. The van der Waals surface area contributed by atoms with Crippen LogP contribution in [-0.2, 0) is 94.3 Å². The number of carboxylic acids is 3. The number of guanidine groups is 1. The van der Waals surface area contributed by atoms with Crippen LogP contribution in [0.15, 0.2) is 41.8 Å². The molecule has 1 aliphatic heterocycles. The fraction of sp³-hybridized carbons (Fsp3) is 0.640. The number of imidazole rings is 1. The lowest BCUT2D eigenvalue weighted by Crippen LogP contribution is -2.62. The number of halogens is 1. The summed E-state index contributed by atoms with van der Waals surface area (Å²) in [4.78, 5) is 247. The molecular formula is C75H120ClN21O21. The Hall–Kier alpha value is -11.1. The van der Waals surface area contributed by atoms with Crippen LogP contribution >= 0.6 is 11.6 Å². The highest BCUT2D eigenvalue weighted by molar-refractivity contribution is 6.30. The van der Waals surface area contributed by atoms with Gasteiger partial charge >= 0.3 is 17.9 Å². The maximum absolute atomic E-state index is 15.1. The van der Waals surface area contributed by atoms with Crippen molar-refractivity contribution in [2.45, 2.75) is 255 Å². The Morgan fingerprint density at radius 1 is 0.602 bits per heavy atom. The number of carbonyl (C=O) groups excluding carboxylic acids is 14. The Balaban J connectivity index is 2.18. The first-order valence-corrected chi connectivity index (χ1v) is 39.8. The van der Waals surface area contributed by atoms with Crippen molar-refractivity contribution in [1.82, 2.24) is 84.4 Å². The Morgan fingerprint density at radius 2 is 1.15 bits per heavy atom. The van der Waals surface area contributed by atoms with Crippen LogP contribution in [0.1, 0.15) is 175 Å². The Bertz CT molecular complexity index is 3720. The third kappa shape index (κ3) is 38.3. The van der Waals surface area contributed by atoms with E-state index in [9.17, 15) is 92.3 Å². The third-order valence-electron chi connectivity index (χ3n) is 18.9. The van der Waals surface area contributed by atoms with E-state index in [1.165, 1.54) is 24.7 Å². The number of aliphatic hydroxyl groups excluding tert-OH is 1. The summed E-state index contributed by atoms with van der Waals surface area (Å²) < 4.78 is 0. The average molecular weight is 1690 g/mol. The van der Waals surface area contributed by atoms with Crippen molar-refractivity contribution in [3.8, 4) is 0 Å². The molecule has 1 aromatic carbocycles. The van der Waals surface area contributed by atoms with Gasteiger partial charge in [0.25, 0.3) is 0 Å². The van der Waals surface area contributed by atoms with Crippen molar-refractivity contribution in [3.05, 3.63) is 53.1 Å². The van der Waals surface area contributed by atoms with E-state index in [1.54, 1.807) is 53.7 Å². The van der Waals surface area contributed by atoms with Gasteiger partial charge in [-0.2, -0.15) is 0 Å². The number of nitrogens with one attached hydrogen (secondary N) is 15. The van der Waals surface area contributed by atoms with E-state index >= 15 is 9.59 Å². The first-order valence-electron chi connectivity index (χ1n) is 39.4. The number of aromatic nitrogens is 2. The van der Waals surface area contributed by atoms with Gasteiger partial charge < -0.3 is 123 Å². The number of nitrogens with two attached hydrogens (primary N) is 4. The number of unbranched alkanes of at least 4 members (excludes halogenated alkanes) is 2. The molecule has 1 saturated heterocycles. The average Bonchev–Trinajstić information content (AvgIpc) is 0.964. The van der Waals surface area contributed by atoms with Crippen molar-refractivity contribution in [2.75, 3.05) is 32.8 Å². The zero-order chi connectivity index (χ0) is 88.3. The number of H-pyrrole nitrogens is 1. The van der Waals surface area contributed by atoms with Gasteiger partial charge in [-0.15, -0.1) is 0 Å². The van der Waals surface area contributed by atoms with Gasteiger partial charge in [-0.05, 0) is 138 Å². The summed E-state index contributed by atoms with van der Waals surface area (Å²) in [6, 6.07) is -14.6. The maximum Gasteiger partial charge on any atom is 0.328 e. The second-order valence-electron chi connectivity index (χ2n) is 29.8. The molecule has 0 saturated carbocycles. The van der Waals surface area contributed by atoms with Gasteiger partial charge in [-0.3, -0.25) is 81.7 Å². The lowest BCUT2D eigenvalue weighted by atomic mass is 9.95. The van der Waals surface area contributed by atoms with Gasteiger partial charge in [0.1, 0.15) is 78.5 Å². The minimum Gasteiger partial charge on any atom is -0.481 e. The molecule has 14 amide bonds. The summed E-state index contributed by atoms with van der Waals surface area (Å²) in [5.41, 5.74) is 23.7. The fourth-order valence-corrected chi connectivity index (χ4v) is 12.4. The predicted molar refractivity (Wildman–Crippen MR) is 428 cm³/mol. The molecule has 1 aromatic heterocycles. The number of hydrogen-bond acceptors (Lipinski definition) is 22. The number of hydrogen-bond donors (Lipinski definition) is 23. The normalized spacial score (nSPS) is 18.7. The fourth-order valence-electron chi connectivity index (χ4n) is 12.3. The van der Waals surface area contributed by atoms with Crippen LogP contribution in [0.25, 0.3) is 0 Å². The summed E-state index contributed by atoms with van der Waals surface area (Å²) in [6.45, 7) is 10.2. The second-order valence-corrected chi connectivity index (χ2v) is 30.2. The monoisotopic (exact) mass is 1690 g/mol. The summed E-state index contributed by atoms with van der Waals surface area (Å²) in [6.07, 6.45) is -0.508. The molecule has 0 radical (unpaired) electrons. The van der Waals surface area contributed by atoms with Gasteiger partial charge in [0.05, 0.1) is 19.4 Å². The minimum absolute atomic E-state index is 0.00599. The smallest absolute Gasteiger partial charge is 0.328 e. The molecule has 658 valence electrons. The van der Waals surface area contributed by atoms with E-state index in [-0.39, 0.29) is 122 Å². The number of carboxylic acid groups (broad SMARTS) is 3. The zero-order valence-corrected chi connectivity index (χ0v) is 68.4. The second kappa shape index (κ2) is 53.2. The molecule has 0 bridgehead atoms. The molecule has 1 fully saturated rings. The van der Waals surface area contributed by atoms with Crippen LogP contribution < -0.4 is 97.4 Å². The highest BCUT2D eigenvalue weighted by Crippen LogP contribution is 2.18. The van der Waals surface area contributed by atoms with Crippen molar-refractivity contribution in [2.24, 2.45) is 45.7 Å². The molecule has 118 heavy (non-hydrogen) atoms. The topological polar surface area (TPSA) is 685 Å². The molecular weight excluding hydrogens is 1570 g/mol. The Morgan fingerprint density at radius 3 is 1.69 bits per heavy atom. The van der Waals surface area contributed by atoms with Gasteiger partial charge in [-0.25, -0.2) is 9.78 Å². The molecule has 0 aliphatic carbocycles. The number of aliphatic carboxylic acids is 3. The molecule has 14 atom stereocenters. The zero-order valence-electron chi connectivity index (χ0n) is 67.7. The van der Waals surface area contributed by atoms with Crippen LogP contribution in [0, 0.1) is 17.8 Å². The number of aliphatic hydroxyl groups is 1. The summed E-state index contributed by atoms with van der Waals surface area (Å²) in [5.74, 6) is -19.8. The maximum atomic E-state index is 15.1. The van der Waals surface area contributed by atoms with Gasteiger partial charge in [0.2, 0.25) is 82.7 Å². The largest absolute Gasteiger partial charge is 0.481 e. The first-order chi connectivity index (χ1) is 55.8. The molecule has 42 nitrogen and oxygen atoms in total. The van der Waals surface area contributed by atoms with Crippen molar-refractivity contribution in [3.63, 3.8) is 0 Å². The third-order valence-corrected chi connectivity index (χ3v) is 19.1. The molecule has 2 heterocycles. The lowest BCUT2D eigenvalue weighted by Gasteiger charge is -2.30. The van der Waals surface area contributed by atoms with Crippen LogP contribution in [0.2, 0.25) is 5.02 Å². The molecule has 2 aromatic rings. The van der Waals surface area contributed by atoms with Crippen LogP contribution in [0.3, 0.4) is 0 Å². The van der Waals surface area contributed by atoms with Crippen molar-refractivity contribution < 1.29 is 102 Å². The molecule has 3 rings (SSSR count).